The second-order valence-electron chi connectivity index (χ2n) is 12.0. The number of carbonyl (C=O) groups excluding carboxylic acids is 2. The van der Waals surface area contributed by atoms with Crippen LogP contribution >= 0.6 is 0 Å². The fourth-order valence-corrected chi connectivity index (χ4v) is 5.61. The van der Waals surface area contributed by atoms with Crippen molar-refractivity contribution < 1.29 is 18.4 Å². The molecule has 0 saturated heterocycles. The summed E-state index contributed by atoms with van der Waals surface area (Å²) in [6.07, 6.45) is 7.89. The highest BCUT2D eigenvalue weighted by Gasteiger charge is 2.32. The summed E-state index contributed by atoms with van der Waals surface area (Å²) >= 11 is 0. The number of H-pyrrole nitrogens is 1. The maximum atomic E-state index is 14.6. The third-order valence-corrected chi connectivity index (χ3v) is 7.98. The predicted octanol–water partition coefficient (Wildman–Crippen LogP) is 5.83. The first kappa shape index (κ1) is 33.9. The first-order valence-electron chi connectivity index (χ1n) is 15.2. The molecule has 0 aliphatic carbocycles. The molecule has 4 rings (SSSR count). The van der Waals surface area contributed by atoms with Gasteiger partial charge in [0.15, 0.2) is 0 Å². The number of aliphatic imine (C=N–C) groups is 1. The molecular formula is C34H40F2N8O2. The smallest absolute Gasteiger partial charge is 0.232 e. The SMILES string of the molecule is CC(C)C[C@@H](C(=O)N(CC(C)c1cc(/C(N)=C/N(N)C2=CCCC=N2)ccc1NC=O)C(C)C#N)c1cc2c(F)cc(F)cc2[nH]1. The molecule has 0 bridgehead atoms. The van der Waals surface area contributed by atoms with Crippen molar-refractivity contribution >= 4 is 40.8 Å². The lowest BCUT2D eigenvalue weighted by Crippen LogP contribution is -2.43. The lowest BCUT2D eigenvalue weighted by molar-refractivity contribution is -0.134. The van der Waals surface area contributed by atoms with Gasteiger partial charge in [0.05, 0.1) is 23.2 Å². The van der Waals surface area contributed by atoms with E-state index in [0.717, 1.165) is 18.9 Å². The zero-order valence-electron chi connectivity index (χ0n) is 26.4. The Morgan fingerprint density at radius 1 is 1.17 bits per heavy atom. The van der Waals surface area contributed by atoms with Gasteiger partial charge in [0.25, 0.3) is 0 Å². The van der Waals surface area contributed by atoms with Crippen molar-refractivity contribution in [2.75, 3.05) is 11.9 Å². The highest BCUT2D eigenvalue weighted by atomic mass is 19.1. The van der Waals surface area contributed by atoms with E-state index in [-0.39, 0.29) is 35.2 Å². The van der Waals surface area contributed by atoms with Crippen LogP contribution in [0.15, 0.2) is 59.5 Å². The standard InChI is InChI=1S/C34H40F2N8O2/c1-20(2)11-27(32-15-26-28(36)13-24(35)14-31(26)42-32)34(46)43(22(4)16-37)17-21(3)25-12-23(8-9-30(25)41-19-45)29(38)18-44(39)33-7-5-6-10-40-33/h7-10,12-15,18-22,27,42H,5-6,11,17,38-39H2,1-4H3,(H,41,45)/b29-18-/t21?,22?,27-/m1/s1. The number of hydrazine groups is 1. The number of benzene rings is 2. The number of aromatic nitrogens is 1. The largest absolute Gasteiger partial charge is 0.397 e. The van der Waals surface area contributed by atoms with E-state index in [2.05, 4.69) is 21.4 Å². The second kappa shape index (κ2) is 14.8. The van der Waals surface area contributed by atoms with Crippen LogP contribution in [0.25, 0.3) is 16.6 Å². The number of amides is 2. The van der Waals surface area contributed by atoms with E-state index >= 15 is 0 Å². The molecule has 1 aliphatic heterocycles. The number of hydrogen-bond donors (Lipinski definition) is 4. The topological polar surface area (TPSA) is 157 Å². The minimum Gasteiger partial charge on any atom is -0.397 e. The van der Waals surface area contributed by atoms with Crippen molar-refractivity contribution in [1.82, 2.24) is 14.9 Å². The molecule has 3 atom stereocenters. The number of carbonyl (C=O) groups is 2. The zero-order chi connectivity index (χ0) is 33.5. The van der Waals surface area contributed by atoms with Crippen molar-refractivity contribution in [2.24, 2.45) is 22.5 Å². The lowest BCUT2D eigenvalue weighted by atomic mass is 9.90. The number of nitrogens with one attached hydrogen (secondary N) is 2. The molecule has 0 spiro atoms. The van der Waals surface area contributed by atoms with E-state index in [9.17, 15) is 23.6 Å². The minimum atomic E-state index is -0.811. The molecule has 2 unspecified atom stereocenters. The van der Waals surface area contributed by atoms with E-state index in [4.69, 9.17) is 11.6 Å². The van der Waals surface area contributed by atoms with Crippen LogP contribution in [0, 0.1) is 28.9 Å². The highest BCUT2D eigenvalue weighted by Crippen LogP contribution is 2.33. The van der Waals surface area contributed by atoms with Gasteiger partial charge in [-0.15, -0.1) is 0 Å². The number of hydrogen-bond acceptors (Lipinski definition) is 7. The predicted molar refractivity (Wildman–Crippen MR) is 176 cm³/mol. The average molecular weight is 631 g/mol. The van der Waals surface area contributed by atoms with Crippen molar-refractivity contribution in [3.63, 3.8) is 0 Å². The molecule has 10 nitrogen and oxygen atoms in total. The Kier molecular flexibility index (Phi) is 10.9. The van der Waals surface area contributed by atoms with Crippen molar-refractivity contribution in [1.29, 1.82) is 5.26 Å². The molecule has 46 heavy (non-hydrogen) atoms. The molecule has 0 fully saturated rings. The third kappa shape index (κ3) is 7.79. The van der Waals surface area contributed by atoms with Crippen LogP contribution in [0.4, 0.5) is 14.5 Å². The van der Waals surface area contributed by atoms with Gasteiger partial charge in [0.1, 0.15) is 23.5 Å². The van der Waals surface area contributed by atoms with Crippen LogP contribution in [0.2, 0.25) is 0 Å². The summed E-state index contributed by atoms with van der Waals surface area (Å²) < 4.78 is 28.5. The van der Waals surface area contributed by atoms with Gasteiger partial charge in [-0.1, -0.05) is 26.8 Å². The van der Waals surface area contributed by atoms with Gasteiger partial charge < -0.3 is 20.9 Å². The first-order valence-corrected chi connectivity index (χ1v) is 15.2. The number of rotatable bonds is 13. The Bertz CT molecular complexity index is 1720. The van der Waals surface area contributed by atoms with Gasteiger partial charge in [-0.2, -0.15) is 5.26 Å². The van der Waals surface area contributed by atoms with Crippen LogP contribution in [-0.2, 0) is 9.59 Å². The molecule has 2 heterocycles. The second-order valence-corrected chi connectivity index (χ2v) is 12.0. The normalized spacial score (nSPS) is 15.2. The van der Waals surface area contributed by atoms with Crippen molar-refractivity contribution in [2.45, 2.75) is 64.8 Å². The zero-order valence-corrected chi connectivity index (χ0v) is 26.4. The van der Waals surface area contributed by atoms with Crippen LogP contribution in [0.3, 0.4) is 0 Å². The van der Waals surface area contributed by atoms with Gasteiger partial charge >= 0.3 is 0 Å². The lowest BCUT2D eigenvalue weighted by Gasteiger charge is -2.32. The molecule has 12 heteroatoms. The Hall–Kier alpha value is -5.02. The summed E-state index contributed by atoms with van der Waals surface area (Å²) in [6, 6.07) is 10.2. The van der Waals surface area contributed by atoms with E-state index in [0.29, 0.717) is 46.9 Å². The first-order chi connectivity index (χ1) is 21.9. The van der Waals surface area contributed by atoms with Gasteiger partial charge in [0.2, 0.25) is 12.3 Å². The molecule has 1 aromatic heterocycles. The molecule has 2 aromatic carbocycles. The maximum absolute atomic E-state index is 14.6. The Balaban J connectivity index is 1.68. The summed E-state index contributed by atoms with van der Waals surface area (Å²) in [7, 11) is 0. The molecule has 0 saturated carbocycles. The number of aromatic amines is 1. The minimum absolute atomic E-state index is 0.0747. The summed E-state index contributed by atoms with van der Waals surface area (Å²) in [4.78, 5) is 34.6. The van der Waals surface area contributed by atoms with Crippen molar-refractivity contribution in [3.8, 4) is 6.07 Å². The van der Waals surface area contributed by atoms with Crippen LogP contribution < -0.4 is 16.9 Å². The van der Waals surface area contributed by atoms with E-state index < -0.39 is 23.6 Å². The maximum Gasteiger partial charge on any atom is 0.232 e. The van der Waals surface area contributed by atoms with Crippen LogP contribution in [-0.4, -0.2) is 46.0 Å². The quantitative estimate of drug-likeness (QED) is 0.106. The molecule has 3 aromatic rings. The number of fused-ring (bicyclic) bond motifs is 1. The molecule has 1 aliphatic rings. The number of allylic oxidation sites excluding steroid dienone is 1. The number of nitriles is 1. The third-order valence-electron chi connectivity index (χ3n) is 7.98. The molecule has 2 amide bonds. The monoisotopic (exact) mass is 630 g/mol. The number of nitrogens with two attached hydrogens (primary N) is 2. The molecular weight excluding hydrogens is 590 g/mol. The number of anilines is 1. The van der Waals surface area contributed by atoms with Gasteiger partial charge in [-0.25, -0.2) is 19.6 Å². The van der Waals surface area contributed by atoms with Crippen molar-refractivity contribution in [3.05, 3.63) is 83.0 Å². The summed E-state index contributed by atoms with van der Waals surface area (Å²) in [5.74, 6) is 3.92. The van der Waals surface area contributed by atoms with E-state index in [1.807, 2.05) is 32.9 Å². The summed E-state index contributed by atoms with van der Waals surface area (Å²) in [6.45, 7) is 7.57. The van der Waals surface area contributed by atoms with Gasteiger partial charge in [-0.3, -0.25) is 14.6 Å². The number of nitrogens with zero attached hydrogens (tertiary/aromatic N) is 4. The fourth-order valence-electron chi connectivity index (χ4n) is 5.61. The highest BCUT2D eigenvalue weighted by molar-refractivity contribution is 5.88. The summed E-state index contributed by atoms with van der Waals surface area (Å²) in [5.41, 5.74) is 9.30. The Labute approximate surface area is 267 Å². The molecule has 0 radical (unpaired) electrons. The molecule has 6 N–H and O–H groups in total. The van der Waals surface area contributed by atoms with E-state index in [1.165, 1.54) is 22.0 Å². The van der Waals surface area contributed by atoms with Gasteiger partial charge in [-0.05, 0) is 73.6 Å². The Morgan fingerprint density at radius 3 is 2.59 bits per heavy atom. The number of halogens is 2. The van der Waals surface area contributed by atoms with Gasteiger partial charge in [0, 0.05) is 47.7 Å². The fraction of sp³-hybridized carbons (Fsp3) is 0.353. The Morgan fingerprint density at radius 2 is 1.93 bits per heavy atom. The van der Waals surface area contributed by atoms with E-state index in [1.54, 1.807) is 31.5 Å². The average Bonchev–Trinajstić information content (AvgIpc) is 3.46. The van der Waals surface area contributed by atoms with Crippen LogP contribution in [0.1, 0.15) is 75.6 Å². The molecule has 242 valence electrons. The summed E-state index contributed by atoms with van der Waals surface area (Å²) in [5, 5.41) is 14.2. The van der Waals surface area contributed by atoms with Crippen LogP contribution in [0.5, 0.6) is 0 Å².